The fourth-order valence-electron chi connectivity index (χ4n) is 2.05. The van der Waals surface area contributed by atoms with Crippen LogP contribution in [0.3, 0.4) is 0 Å². The van der Waals surface area contributed by atoms with E-state index in [9.17, 15) is 5.26 Å². The molecule has 102 valence electrons. The maximum absolute atomic E-state index is 9.49. The van der Waals surface area contributed by atoms with E-state index in [0.29, 0.717) is 0 Å². The van der Waals surface area contributed by atoms with Crippen LogP contribution in [-0.4, -0.2) is 5.54 Å². The number of nitriles is 1. The Balaban J connectivity index is 2.06. The molecule has 0 amide bonds. The van der Waals surface area contributed by atoms with Gasteiger partial charge >= 0.3 is 0 Å². The highest BCUT2D eigenvalue weighted by molar-refractivity contribution is 9.10. The Labute approximate surface area is 128 Å². The number of nitrogens with zero attached hydrogens (tertiary/aromatic N) is 1. The van der Waals surface area contributed by atoms with Crippen LogP contribution < -0.4 is 5.32 Å². The molecule has 0 saturated heterocycles. The summed E-state index contributed by atoms with van der Waals surface area (Å²) in [5.41, 5.74) is 1.62. The van der Waals surface area contributed by atoms with E-state index in [1.807, 2.05) is 49.4 Å². The zero-order chi connectivity index (χ0) is 14.4. The molecule has 1 atom stereocenters. The molecular formula is C17H17BrN2. The number of para-hydroxylation sites is 1. The maximum Gasteiger partial charge on any atom is 0.122 e. The molecule has 2 rings (SSSR count). The Morgan fingerprint density at radius 1 is 1.10 bits per heavy atom. The fraction of sp³-hybridized carbons (Fsp3) is 0.235. The average Bonchev–Trinajstić information content (AvgIpc) is 2.49. The highest BCUT2D eigenvalue weighted by Gasteiger charge is 2.23. The summed E-state index contributed by atoms with van der Waals surface area (Å²) in [6, 6.07) is 20.5. The van der Waals surface area contributed by atoms with Gasteiger partial charge in [0.05, 0.1) is 6.07 Å². The van der Waals surface area contributed by atoms with Crippen LogP contribution in [0.2, 0.25) is 0 Å². The molecule has 1 unspecified atom stereocenters. The van der Waals surface area contributed by atoms with Crippen LogP contribution in [0.5, 0.6) is 0 Å². The molecule has 0 fully saturated rings. The summed E-state index contributed by atoms with van der Waals surface area (Å²) in [7, 11) is 0. The maximum atomic E-state index is 9.49. The Kier molecular flexibility index (Phi) is 4.81. The van der Waals surface area contributed by atoms with E-state index >= 15 is 0 Å². The number of benzene rings is 2. The van der Waals surface area contributed by atoms with Gasteiger partial charge in [-0.25, -0.2) is 0 Å². The van der Waals surface area contributed by atoms with Crippen molar-refractivity contribution in [3.63, 3.8) is 0 Å². The minimum absolute atomic E-state index is 0.584. The van der Waals surface area contributed by atoms with Gasteiger partial charge in [-0.15, -0.1) is 0 Å². The summed E-state index contributed by atoms with van der Waals surface area (Å²) in [5.74, 6) is 0. The highest BCUT2D eigenvalue weighted by atomic mass is 79.9. The lowest BCUT2D eigenvalue weighted by Gasteiger charge is -2.25. The highest BCUT2D eigenvalue weighted by Crippen LogP contribution is 2.26. The van der Waals surface area contributed by atoms with Gasteiger partial charge in [0.2, 0.25) is 0 Å². The van der Waals surface area contributed by atoms with E-state index in [4.69, 9.17) is 0 Å². The van der Waals surface area contributed by atoms with Crippen LogP contribution in [0.25, 0.3) is 0 Å². The van der Waals surface area contributed by atoms with Gasteiger partial charge in [-0.1, -0.05) is 42.5 Å². The Morgan fingerprint density at radius 2 is 1.75 bits per heavy atom. The summed E-state index contributed by atoms with van der Waals surface area (Å²) in [6.07, 6.45) is 1.64. The van der Waals surface area contributed by atoms with E-state index in [1.165, 1.54) is 5.56 Å². The third kappa shape index (κ3) is 3.85. The van der Waals surface area contributed by atoms with Crippen molar-refractivity contribution in [3.8, 4) is 6.07 Å². The van der Waals surface area contributed by atoms with E-state index in [1.54, 1.807) is 0 Å². The van der Waals surface area contributed by atoms with Crippen LogP contribution in [0.15, 0.2) is 59.1 Å². The molecule has 0 aliphatic rings. The summed E-state index contributed by atoms with van der Waals surface area (Å²) in [6.45, 7) is 1.94. The zero-order valence-corrected chi connectivity index (χ0v) is 13.0. The van der Waals surface area contributed by atoms with Crippen molar-refractivity contribution >= 4 is 21.6 Å². The monoisotopic (exact) mass is 328 g/mol. The van der Waals surface area contributed by atoms with Crippen LogP contribution in [-0.2, 0) is 6.42 Å². The molecule has 0 spiro atoms. The number of anilines is 1. The summed E-state index contributed by atoms with van der Waals surface area (Å²) < 4.78 is 0.973. The van der Waals surface area contributed by atoms with Gasteiger partial charge in [0, 0.05) is 10.2 Å². The third-order valence-electron chi connectivity index (χ3n) is 3.29. The van der Waals surface area contributed by atoms with Crippen LogP contribution in [0.4, 0.5) is 5.69 Å². The lowest BCUT2D eigenvalue weighted by molar-refractivity contribution is 0.588. The lowest BCUT2D eigenvalue weighted by atomic mass is 9.94. The van der Waals surface area contributed by atoms with Crippen molar-refractivity contribution in [1.82, 2.24) is 0 Å². The molecule has 0 bridgehead atoms. The number of rotatable bonds is 5. The molecule has 0 saturated carbocycles. The second kappa shape index (κ2) is 6.58. The van der Waals surface area contributed by atoms with Gasteiger partial charge < -0.3 is 5.32 Å². The first-order chi connectivity index (χ1) is 9.63. The predicted molar refractivity (Wildman–Crippen MR) is 86.5 cm³/mol. The van der Waals surface area contributed by atoms with E-state index < -0.39 is 5.54 Å². The molecule has 1 N–H and O–H groups in total. The molecule has 0 aliphatic heterocycles. The van der Waals surface area contributed by atoms with Crippen molar-refractivity contribution in [2.45, 2.75) is 25.3 Å². The van der Waals surface area contributed by atoms with Crippen molar-refractivity contribution < 1.29 is 0 Å². The quantitative estimate of drug-likeness (QED) is 0.857. The molecule has 0 aliphatic carbocycles. The fourth-order valence-corrected chi connectivity index (χ4v) is 2.43. The first kappa shape index (κ1) is 14.6. The van der Waals surface area contributed by atoms with Crippen molar-refractivity contribution in [3.05, 3.63) is 64.6 Å². The number of hydrogen-bond acceptors (Lipinski definition) is 2. The first-order valence-corrected chi connectivity index (χ1v) is 7.40. The van der Waals surface area contributed by atoms with Gasteiger partial charge in [0.15, 0.2) is 0 Å². The number of nitrogens with one attached hydrogen (secondary N) is 1. The Hall–Kier alpha value is -1.79. The van der Waals surface area contributed by atoms with Gasteiger partial charge in [-0.05, 0) is 53.4 Å². The van der Waals surface area contributed by atoms with Gasteiger partial charge in [-0.2, -0.15) is 5.26 Å². The SMILES string of the molecule is CC(C#N)(CCc1ccccc1)Nc1ccccc1Br. The summed E-state index contributed by atoms with van der Waals surface area (Å²) in [5, 5.41) is 12.8. The predicted octanol–water partition coefficient (Wildman–Crippen LogP) is 4.78. The number of hydrogen-bond donors (Lipinski definition) is 1. The summed E-state index contributed by atoms with van der Waals surface area (Å²) in [4.78, 5) is 0. The molecule has 20 heavy (non-hydrogen) atoms. The van der Waals surface area contributed by atoms with Gasteiger partial charge in [0.25, 0.3) is 0 Å². The van der Waals surface area contributed by atoms with Crippen LogP contribution in [0.1, 0.15) is 18.9 Å². The molecule has 2 aromatic rings. The lowest BCUT2D eigenvalue weighted by Crippen LogP contribution is -2.33. The minimum Gasteiger partial charge on any atom is -0.367 e. The second-order valence-corrected chi connectivity index (χ2v) is 5.89. The Bertz CT molecular complexity index is 604. The standard InChI is InChI=1S/C17H17BrN2/c1-17(13-19,12-11-14-7-3-2-4-8-14)20-16-10-6-5-9-15(16)18/h2-10,20H,11-12H2,1H3. The van der Waals surface area contributed by atoms with Crippen LogP contribution >= 0.6 is 15.9 Å². The van der Waals surface area contributed by atoms with Gasteiger partial charge in [-0.3, -0.25) is 0 Å². The molecule has 3 heteroatoms. The molecule has 0 radical (unpaired) electrons. The molecular weight excluding hydrogens is 312 g/mol. The third-order valence-corrected chi connectivity index (χ3v) is 3.98. The van der Waals surface area contributed by atoms with Gasteiger partial charge in [0.1, 0.15) is 5.54 Å². The van der Waals surface area contributed by atoms with Crippen molar-refractivity contribution in [1.29, 1.82) is 5.26 Å². The van der Waals surface area contributed by atoms with Crippen molar-refractivity contribution in [2.24, 2.45) is 0 Å². The Morgan fingerprint density at radius 3 is 2.40 bits per heavy atom. The smallest absolute Gasteiger partial charge is 0.122 e. The molecule has 0 aromatic heterocycles. The first-order valence-electron chi connectivity index (χ1n) is 6.61. The van der Waals surface area contributed by atoms with Crippen molar-refractivity contribution in [2.75, 3.05) is 5.32 Å². The average molecular weight is 329 g/mol. The minimum atomic E-state index is -0.584. The molecule has 0 heterocycles. The summed E-state index contributed by atoms with van der Waals surface area (Å²) >= 11 is 3.50. The normalized spacial score (nSPS) is 13.2. The molecule has 2 nitrogen and oxygen atoms in total. The second-order valence-electron chi connectivity index (χ2n) is 5.03. The van der Waals surface area contributed by atoms with E-state index in [0.717, 1.165) is 23.0 Å². The largest absolute Gasteiger partial charge is 0.367 e. The number of halogens is 1. The zero-order valence-electron chi connectivity index (χ0n) is 11.4. The number of aryl methyl sites for hydroxylation is 1. The van der Waals surface area contributed by atoms with E-state index in [-0.39, 0.29) is 0 Å². The topological polar surface area (TPSA) is 35.8 Å². The van der Waals surface area contributed by atoms with E-state index in [2.05, 4.69) is 39.4 Å². The molecule has 2 aromatic carbocycles. The van der Waals surface area contributed by atoms with Crippen LogP contribution in [0, 0.1) is 11.3 Å².